The number of hydrogen-bond donors (Lipinski definition) is 1. The average molecular weight is 500 g/mol. The van der Waals surface area contributed by atoms with Crippen LogP contribution in [0.2, 0.25) is 0 Å². The second-order valence-corrected chi connectivity index (χ2v) is 9.27. The van der Waals surface area contributed by atoms with Crippen LogP contribution in [0.15, 0.2) is 71.8 Å². The number of aromatic nitrogens is 1. The van der Waals surface area contributed by atoms with Gasteiger partial charge < -0.3 is 15.2 Å². The molecule has 0 aliphatic carbocycles. The van der Waals surface area contributed by atoms with Crippen LogP contribution >= 0.6 is 0 Å². The van der Waals surface area contributed by atoms with E-state index in [9.17, 15) is 13.2 Å². The summed E-state index contributed by atoms with van der Waals surface area (Å²) in [5, 5.41) is 4.05. The number of carbonyl (C=O) groups is 1. The largest absolute Gasteiger partial charge is 0.494 e. The highest BCUT2D eigenvalue weighted by Crippen LogP contribution is 2.43. The zero-order valence-electron chi connectivity index (χ0n) is 18.8. The molecule has 2 aromatic carbocycles. The van der Waals surface area contributed by atoms with Crippen LogP contribution in [0.3, 0.4) is 0 Å². The van der Waals surface area contributed by atoms with Crippen LogP contribution in [0.4, 0.5) is 10.1 Å². The van der Waals surface area contributed by atoms with Gasteiger partial charge in [0.05, 0.1) is 25.7 Å². The Labute approximate surface area is 201 Å². The number of anilines is 1. The number of benzene rings is 2. The van der Waals surface area contributed by atoms with E-state index in [1.807, 2.05) is 0 Å². The summed E-state index contributed by atoms with van der Waals surface area (Å²) in [6.07, 6.45) is -1.40. The van der Waals surface area contributed by atoms with E-state index >= 15 is 4.39 Å². The molecule has 0 spiro atoms. The van der Waals surface area contributed by atoms with E-state index in [4.69, 9.17) is 15.2 Å². The van der Waals surface area contributed by atoms with Crippen LogP contribution in [0.5, 0.6) is 11.6 Å². The summed E-state index contributed by atoms with van der Waals surface area (Å²) in [7, 11) is -1.50. The molecule has 12 heteroatoms. The van der Waals surface area contributed by atoms with E-state index < -0.39 is 39.5 Å². The molecule has 182 valence electrons. The topological polar surface area (TPSA) is 127 Å². The Balaban J connectivity index is 1.94. The molecule has 1 aliphatic heterocycles. The number of carbonyl (C=O) groups excluding carboxylic acids is 1. The SMILES string of the molecule is COc1cccc(C2N(c3c(F)cccc3OC)C(C(N)=O)=NN2S(=O)(=O)Cc2ccccc2)n1. The Morgan fingerprint density at radius 1 is 1.03 bits per heavy atom. The third kappa shape index (κ3) is 4.60. The summed E-state index contributed by atoms with van der Waals surface area (Å²) in [5.74, 6) is -2.58. The third-order valence-electron chi connectivity index (χ3n) is 5.20. The fourth-order valence-electron chi connectivity index (χ4n) is 3.70. The molecule has 3 aromatic rings. The molecule has 2 N–H and O–H groups in total. The zero-order valence-corrected chi connectivity index (χ0v) is 19.6. The Morgan fingerprint density at radius 3 is 2.40 bits per heavy atom. The van der Waals surface area contributed by atoms with Crippen LogP contribution in [-0.2, 0) is 20.6 Å². The van der Waals surface area contributed by atoms with Gasteiger partial charge in [0.25, 0.3) is 15.9 Å². The second kappa shape index (κ2) is 9.58. The Hall–Kier alpha value is -4.19. The number of halogens is 1. The number of primary amides is 1. The molecule has 1 unspecified atom stereocenters. The van der Waals surface area contributed by atoms with E-state index in [-0.39, 0.29) is 23.0 Å². The Kier molecular flexibility index (Phi) is 6.56. The summed E-state index contributed by atoms with van der Waals surface area (Å²) >= 11 is 0. The average Bonchev–Trinajstić information content (AvgIpc) is 3.26. The molecule has 1 aromatic heterocycles. The number of hydrazone groups is 1. The molecule has 0 saturated carbocycles. The van der Waals surface area contributed by atoms with E-state index in [0.717, 1.165) is 11.0 Å². The summed E-state index contributed by atoms with van der Waals surface area (Å²) in [5.41, 5.74) is 5.96. The van der Waals surface area contributed by atoms with Crippen LogP contribution in [-0.4, -0.2) is 43.8 Å². The van der Waals surface area contributed by atoms with Gasteiger partial charge in [-0.3, -0.25) is 9.69 Å². The highest BCUT2D eigenvalue weighted by Gasteiger charge is 2.47. The maximum absolute atomic E-state index is 15.2. The fourth-order valence-corrected chi connectivity index (χ4v) is 5.15. The van der Waals surface area contributed by atoms with Gasteiger partial charge in [-0.05, 0) is 23.8 Å². The minimum Gasteiger partial charge on any atom is -0.494 e. The lowest BCUT2D eigenvalue weighted by Crippen LogP contribution is -2.43. The van der Waals surface area contributed by atoms with Crippen LogP contribution in [0.1, 0.15) is 17.4 Å². The van der Waals surface area contributed by atoms with Crippen molar-refractivity contribution in [3.63, 3.8) is 0 Å². The van der Waals surface area contributed by atoms with E-state index in [1.165, 1.54) is 32.4 Å². The first-order valence-electron chi connectivity index (χ1n) is 10.3. The number of amides is 1. The molecule has 0 radical (unpaired) electrons. The van der Waals surface area contributed by atoms with Gasteiger partial charge in [-0.2, -0.15) is 4.41 Å². The quantitative estimate of drug-likeness (QED) is 0.504. The highest BCUT2D eigenvalue weighted by molar-refractivity contribution is 7.88. The molecule has 10 nitrogen and oxygen atoms in total. The van der Waals surface area contributed by atoms with Crippen LogP contribution in [0, 0.1) is 5.82 Å². The summed E-state index contributed by atoms with van der Waals surface area (Å²) in [6, 6.07) is 17.1. The number of ether oxygens (including phenoxy) is 2. The van der Waals surface area contributed by atoms with Crippen molar-refractivity contribution in [2.24, 2.45) is 10.8 Å². The Bertz CT molecular complexity index is 1380. The summed E-state index contributed by atoms with van der Waals surface area (Å²) in [4.78, 5) is 17.9. The summed E-state index contributed by atoms with van der Waals surface area (Å²) in [6.45, 7) is 0. The van der Waals surface area contributed by atoms with Crippen molar-refractivity contribution in [3.8, 4) is 11.6 Å². The lowest BCUT2D eigenvalue weighted by atomic mass is 10.2. The minimum atomic E-state index is -4.22. The molecular weight excluding hydrogens is 477 g/mol. The van der Waals surface area contributed by atoms with Gasteiger partial charge in [-0.15, -0.1) is 5.10 Å². The predicted molar refractivity (Wildman–Crippen MR) is 126 cm³/mol. The normalized spacial score (nSPS) is 15.6. The second-order valence-electron chi connectivity index (χ2n) is 7.44. The molecule has 35 heavy (non-hydrogen) atoms. The minimum absolute atomic E-state index is 0.0363. The zero-order chi connectivity index (χ0) is 25.2. The first-order valence-corrected chi connectivity index (χ1v) is 11.9. The smallest absolute Gasteiger partial charge is 0.286 e. The van der Waals surface area contributed by atoms with Gasteiger partial charge in [-0.1, -0.05) is 42.5 Å². The number of para-hydroxylation sites is 1. The predicted octanol–water partition coefficient (Wildman–Crippen LogP) is 2.39. The first-order chi connectivity index (χ1) is 16.8. The number of nitrogens with zero attached hydrogens (tertiary/aromatic N) is 4. The number of nitrogens with two attached hydrogens (primary N) is 1. The molecule has 4 rings (SSSR count). The summed E-state index contributed by atoms with van der Waals surface area (Å²) < 4.78 is 53.6. The van der Waals surface area contributed by atoms with Crippen molar-refractivity contribution in [2.75, 3.05) is 19.1 Å². The maximum atomic E-state index is 15.2. The molecule has 1 atom stereocenters. The van der Waals surface area contributed by atoms with Crippen molar-refractivity contribution >= 4 is 27.5 Å². The first kappa shape index (κ1) is 24.0. The van der Waals surface area contributed by atoms with Gasteiger partial charge in [0.2, 0.25) is 11.7 Å². The fraction of sp³-hybridized carbons (Fsp3) is 0.174. The van der Waals surface area contributed by atoms with Crippen molar-refractivity contribution in [2.45, 2.75) is 11.9 Å². The van der Waals surface area contributed by atoms with Gasteiger partial charge in [0, 0.05) is 6.07 Å². The lowest BCUT2D eigenvalue weighted by molar-refractivity contribution is -0.112. The molecule has 0 fully saturated rings. The van der Waals surface area contributed by atoms with Gasteiger partial charge in [0.1, 0.15) is 11.4 Å². The number of pyridine rings is 1. The van der Waals surface area contributed by atoms with E-state index in [0.29, 0.717) is 9.98 Å². The highest BCUT2D eigenvalue weighted by atomic mass is 32.2. The standard InChI is InChI=1S/C23H22FN5O5S/c1-33-18-12-6-10-16(24)20(18)28-22(21(25)30)27-29(23(28)17-11-7-13-19(26-17)34-2)35(31,32)14-15-8-4-3-5-9-15/h3-13,23H,14H2,1-2H3,(H2,25,30). The monoisotopic (exact) mass is 499 g/mol. The number of methoxy groups -OCH3 is 2. The molecule has 0 saturated heterocycles. The number of rotatable bonds is 8. The van der Waals surface area contributed by atoms with Crippen LogP contribution < -0.4 is 20.1 Å². The number of sulfonamides is 1. The molecule has 0 bridgehead atoms. The van der Waals surface area contributed by atoms with Gasteiger partial charge >= 0.3 is 0 Å². The van der Waals surface area contributed by atoms with Crippen molar-refractivity contribution in [1.82, 2.24) is 9.40 Å². The maximum Gasteiger partial charge on any atom is 0.286 e. The van der Waals surface area contributed by atoms with Gasteiger partial charge in [0.15, 0.2) is 12.0 Å². The van der Waals surface area contributed by atoms with E-state index in [2.05, 4.69) is 10.1 Å². The number of hydrogen-bond acceptors (Lipinski definition) is 8. The van der Waals surface area contributed by atoms with Crippen molar-refractivity contribution in [3.05, 3.63) is 83.8 Å². The molecular formula is C23H22FN5O5S. The Morgan fingerprint density at radius 2 is 1.74 bits per heavy atom. The molecule has 1 aliphatic rings. The third-order valence-corrected chi connectivity index (χ3v) is 6.75. The van der Waals surface area contributed by atoms with Crippen molar-refractivity contribution in [1.29, 1.82) is 0 Å². The van der Waals surface area contributed by atoms with Gasteiger partial charge in [-0.25, -0.2) is 17.8 Å². The molecule has 1 amide bonds. The molecule has 2 heterocycles. The van der Waals surface area contributed by atoms with Crippen molar-refractivity contribution < 1.29 is 27.1 Å². The number of amidine groups is 1. The lowest BCUT2D eigenvalue weighted by Gasteiger charge is -2.31. The van der Waals surface area contributed by atoms with Crippen LogP contribution in [0.25, 0.3) is 0 Å². The van der Waals surface area contributed by atoms with E-state index in [1.54, 1.807) is 42.5 Å².